The number of pyridine rings is 2. The molecule has 47 heavy (non-hydrogen) atoms. The molecule has 4 aromatic heterocycles. The third-order valence-electron chi connectivity index (χ3n) is 8.71. The summed E-state index contributed by atoms with van der Waals surface area (Å²) in [5.41, 5.74) is 4.71. The number of hydrogen-bond donors (Lipinski definition) is 2. The van der Waals surface area contributed by atoms with Gasteiger partial charge in [-0.1, -0.05) is 35.0 Å². The topological polar surface area (TPSA) is 117 Å². The number of anilines is 1. The van der Waals surface area contributed by atoms with E-state index in [0.717, 1.165) is 38.9 Å². The van der Waals surface area contributed by atoms with Crippen LogP contribution >= 0.6 is 22.9 Å². The largest absolute Gasteiger partial charge is 0.439 e. The summed E-state index contributed by atoms with van der Waals surface area (Å²) in [6.07, 6.45) is 4.37. The van der Waals surface area contributed by atoms with E-state index in [2.05, 4.69) is 20.4 Å². The van der Waals surface area contributed by atoms with Gasteiger partial charge in [-0.05, 0) is 78.6 Å². The second kappa shape index (κ2) is 11.7. The average molecular weight is 671 g/mol. The second-order valence-corrected chi connectivity index (χ2v) is 13.0. The molecule has 1 amide bonds. The van der Waals surface area contributed by atoms with Crippen molar-refractivity contribution in [3.05, 3.63) is 116 Å². The van der Waals surface area contributed by atoms with E-state index in [0.29, 0.717) is 59.8 Å². The monoisotopic (exact) mass is 670 g/mol. The van der Waals surface area contributed by atoms with E-state index in [9.17, 15) is 18.4 Å². The number of aromatic amines is 1. The molecule has 1 unspecified atom stereocenters. The fraction of sp³-hybridized carbons (Fsp3) is 0.206. The number of hydrogen-bond acceptors (Lipinski definition) is 8. The van der Waals surface area contributed by atoms with Gasteiger partial charge in [-0.25, -0.2) is 18.6 Å². The lowest BCUT2D eigenvalue weighted by atomic mass is 9.92. The van der Waals surface area contributed by atoms with Gasteiger partial charge >= 0.3 is 5.76 Å². The molecule has 2 aliphatic rings. The lowest BCUT2D eigenvalue weighted by Crippen LogP contribution is -2.22. The summed E-state index contributed by atoms with van der Waals surface area (Å²) in [6.45, 7) is 0.996. The average Bonchev–Trinajstić information content (AvgIpc) is 3.87. The number of H-pyrrole nitrogens is 1. The van der Waals surface area contributed by atoms with E-state index < -0.39 is 11.6 Å². The van der Waals surface area contributed by atoms with E-state index in [4.69, 9.17) is 21.1 Å². The van der Waals surface area contributed by atoms with Crippen molar-refractivity contribution in [3.63, 3.8) is 0 Å². The van der Waals surface area contributed by atoms with Gasteiger partial charge in [0.15, 0.2) is 5.82 Å². The Bertz CT molecular complexity index is 2250. The quantitative estimate of drug-likeness (QED) is 0.174. The number of nitrogens with one attached hydrogen (secondary N) is 2. The normalized spacial score (nSPS) is 15.4. The second-order valence-electron chi connectivity index (χ2n) is 11.6. The number of benzene rings is 2. The van der Waals surface area contributed by atoms with Crippen molar-refractivity contribution in [2.45, 2.75) is 38.3 Å². The van der Waals surface area contributed by atoms with Crippen LogP contribution in [-0.4, -0.2) is 37.5 Å². The first kappa shape index (κ1) is 29.5. The van der Waals surface area contributed by atoms with Crippen LogP contribution in [-0.2, 0) is 19.4 Å². The minimum absolute atomic E-state index is 0.0410. The summed E-state index contributed by atoms with van der Waals surface area (Å²) in [6, 6.07) is 14.6. The molecule has 1 saturated heterocycles. The number of fused-ring (bicyclic) bond motifs is 4. The van der Waals surface area contributed by atoms with Crippen molar-refractivity contribution in [3.8, 4) is 21.8 Å². The number of rotatable bonds is 8. The Labute approximate surface area is 275 Å². The lowest BCUT2D eigenvalue weighted by molar-refractivity contribution is 0.0776. The van der Waals surface area contributed by atoms with Gasteiger partial charge in [0.2, 0.25) is 0 Å². The molecule has 2 aromatic carbocycles. The Hall–Kier alpha value is -4.94. The van der Waals surface area contributed by atoms with Gasteiger partial charge < -0.3 is 10.2 Å². The third-order valence-corrected chi connectivity index (χ3v) is 10.2. The summed E-state index contributed by atoms with van der Waals surface area (Å²) in [5, 5.41) is 8.33. The number of carbonyl (C=O) groups excluding carboxylic acids is 1. The maximum Gasteiger partial charge on any atom is 0.439 e. The fourth-order valence-electron chi connectivity index (χ4n) is 6.53. The molecule has 0 spiro atoms. The number of halogens is 3. The van der Waals surface area contributed by atoms with Crippen LogP contribution in [0.15, 0.2) is 70.1 Å². The smallest absolute Gasteiger partial charge is 0.365 e. The fourth-order valence-corrected chi connectivity index (χ4v) is 7.91. The van der Waals surface area contributed by atoms with Crippen LogP contribution in [0.1, 0.15) is 51.8 Å². The molecule has 2 N–H and O–H groups in total. The van der Waals surface area contributed by atoms with Crippen molar-refractivity contribution in [1.82, 2.24) is 25.0 Å². The van der Waals surface area contributed by atoms with Crippen LogP contribution in [0.25, 0.3) is 31.9 Å². The van der Waals surface area contributed by atoms with Gasteiger partial charge in [0.05, 0.1) is 38.3 Å². The summed E-state index contributed by atoms with van der Waals surface area (Å²) in [7, 11) is 0. The van der Waals surface area contributed by atoms with Crippen LogP contribution in [0.3, 0.4) is 0 Å². The molecule has 0 saturated carbocycles. The zero-order valence-corrected chi connectivity index (χ0v) is 26.2. The summed E-state index contributed by atoms with van der Waals surface area (Å²) in [5.74, 6) is -0.844. The number of aryl methyl sites for hydroxylation is 2. The molecule has 6 aromatic rings. The number of thiophene rings is 1. The molecule has 236 valence electrons. The molecule has 6 heterocycles. The number of amides is 1. The molecule has 1 atom stereocenters. The molecule has 9 nitrogen and oxygen atoms in total. The Morgan fingerprint density at radius 1 is 1.02 bits per heavy atom. The summed E-state index contributed by atoms with van der Waals surface area (Å²) >= 11 is 7.45. The molecule has 2 aliphatic heterocycles. The van der Waals surface area contributed by atoms with Gasteiger partial charge in [0, 0.05) is 29.7 Å². The Morgan fingerprint density at radius 3 is 2.64 bits per heavy atom. The van der Waals surface area contributed by atoms with E-state index in [1.807, 2.05) is 17.0 Å². The molecule has 0 bridgehead atoms. The summed E-state index contributed by atoms with van der Waals surface area (Å²) < 4.78 is 33.2. The van der Waals surface area contributed by atoms with E-state index >= 15 is 0 Å². The van der Waals surface area contributed by atoms with Crippen LogP contribution in [0.5, 0.6) is 0 Å². The Morgan fingerprint density at radius 2 is 1.85 bits per heavy atom. The van der Waals surface area contributed by atoms with Crippen LogP contribution in [0.2, 0.25) is 5.02 Å². The van der Waals surface area contributed by atoms with Gasteiger partial charge in [-0.3, -0.25) is 19.3 Å². The van der Waals surface area contributed by atoms with Crippen LogP contribution in [0, 0.1) is 11.6 Å². The first-order chi connectivity index (χ1) is 22.8. The van der Waals surface area contributed by atoms with Gasteiger partial charge in [-0.15, -0.1) is 11.3 Å². The lowest BCUT2D eigenvalue weighted by Gasteiger charge is -2.16. The Balaban J connectivity index is 1.28. The maximum atomic E-state index is 14.1. The predicted octanol–water partition coefficient (Wildman–Crippen LogP) is 7.32. The minimum Gasteiger partial charge on any atom is -0.365 e. The van der Waals surface area contributed by atoms with Crippen molar-refractivity contribution >= 4 is 44.7 Å². The van der Waals surface area contributed by atoms with Gasteiger partial charge in [0.25, 0.3) is 5.91 Å². The number of carbonyl (C=O) groups is 1. The third kappa shape index (κ3) is 5.27. The predicted molar refractivity (Wildman–Crippen MR) is 175 cm³/mol. The van der Waals surface area contributed by atoms with Crippen molar-refractivity contribution in [2.24, 2.45) is 0 Å². The molecule has 8 rings (SSSR count). The highest BCUT2D eigenvalue weighted by molar-refractivity contribution is 7.23. The first-order valence-corrected chi connectivity index (χ1v) is 16.3. The van der Waals surface area contributed by atoms with Crippen molar-refractivity contribution in [1.29, 1.82) is 0 Å². The van der Waals surface area contributed by atoms with E-state index in [-0.39, 0.29) is 28.6 Å². The zero-order chi connectivity index (χ0) is 32.2. The highest BCUT2D eigenvalue weighted by atomic mass is 35.5. The molecular weight excluding hydrogens is 646 g/mol. The first-order valence-electron chi connectivity index (χ1n) is 15.1. The van der Waals surface area contributed by atoms with Crippen molar-refractivity contribution in [2.75, 3.05) is 11.9 Å². The molecule has 1 fully saturated rings. The molecular formula is C34H25ClF2N6O3S. The Kier molecular flexibility index (Phi) is 7.33. The highest BCUT2D eigenvalue weighted by Gasteiger charge is 2.44. The van der Waals surface area contributed by atoms with Crippen molar-refractivity contribution < 1.29 is 18.1 Å². The standard InChI is InChI=1S/C34H25ClF2N6O3S/c35-21-14-18(5-9-22(21)37)16-39-32-30-19(11-12-38-32)15-25(47-30)27-26(31-41-34(45)46-42-31)23(10-6-17-3-7-20(36)8-4-17)40-29-24-2-1-13-43(24)33(44)28(27)29/h3-5,7-9,11-12,14-15,24H,1-2,6,10,13,16H2,(H,38,39)(H,41,42,45). The SMILES string of the molecule is O=C1c2c(nc(CCc3ccc(F)cc3)c(-c3noc(=O)[nH]3)c2-c2cc3ccnc(NCc4ccc(F)c(Cl)c4)c3s2)C2CCCN12. The van der Waals surface area contributed by atoms with Crippen LogP contribution in [0.4, 0.5) is 14.6 Å². The van der Waals surface area contributed by atoms with Gasteiger partial charge in [-0.2, -0.15) is 0 Å². The van der Waals surface area contributed by atoms with Gasteiger partial charge in [0.1, 0.15) is 17.5 Å². The number of aromatic nitrogens is 4. The zero-order valence-electron chi connectivity index (χ0n) is 24.6. The molecule has 13 heteroatoms. The molecule has 0 aliphatic carbocycles. The van der Waals surface area contributed by atoms with Crippen LogP contribution < -0.4 is 11.1 Å². The summed E-state index contributed by atoms with van der Waals surface area (Å²) in [4.78, 5) is 41.3. The molecule has 0 radical (unpaired) electrons. The maximum absolute atomic E-state index is 14.1. The minimum atomic E-state index is -0.726. The highest BCUT2D eigenvalue weighted by Crippen LogP contribution is 2.50. The van der Waals surface area contributed by atoms with E-state index in [1.54, 1.807) is 30.5 Å². The van der Waals surface area contributed by atoms with E-state index in [1.165, 1.54) is 29.5 Å². The number of nitrogens with zero attached hydrogens (tertiary/aromatic N) is 4.